The molecule has 0 saturated carbocycles. The molecule has 0 unspecified atom stereocenters. The van der Waals surface area contributed by atoms with Gasteiger partial charge >= 0.3 is 11.9 Å². The van der Waals surface area contributed by atoms with E-state index in [2.05, 4.69) is 5.32 Å². The van der Waals surface area contributed by atoms with Gasteiger partial charge in [-0.25, -0.2) is 9.59 Å². The van der Waals surface area contributed by atoms with Crippen LogP contribution in [0.5, 0.6) is 11.5 Å². The highest BCUT2D eigenvalue weighted by atomic mass is 16.5. The van der Waals surface area contributed by atoms with Crippen molar-refractivity contribution in [2.45, 2.75) is 12.5 Å². The van der Waals surface area contributed by atoms with Crippen molar-refractivity contribution in [1.29, 1.82) is 0 Å². The summed E-state index contributed by atoms with van der Waals surface area (Å²) in [5, 5.41) is 2.53. The van der Waals surface area contributed by atoms with Crippen LogP contribution in [0.25, 0.3) is 0 Å². The standard InChI is InChI=1S/C21H23NO7/c1-26-17-10-9-15(12-18(17)27-2)20(24)29-13-19(23)22-16(21(25)28-3)11-14-7-5-4-6-8-14/h4-10,12,16H,11,13H2,1-3H3,(H,22,23)/t16-/m0/s1. The van der Waals surface area contributed by atoms with E-state index in [1.807, 2.05) is 30.3 Å². The maximum atomic E-state index is 12.2. The largest absolute Gasteiger partial charge is 0.493 e. The predicted octanol–water partition coefficient (Wildman–Crippen LogP) is 1.76. The molecule has 0 aliphatic rings. The van der Waals surface area contributed by atoms with Gasteiger partial charge < -0.3 is 24.3 Å². The molecule has 0 aliphatic heterocycles. The average Bonchev–Trinajstić information content (AvgIpc) is 2.76. The highest BCUT2D eigenvalue weighted by Gasteiger charge is 2.23. The molecular formula is C21H23NO7. The number of ether oxygens (including phenoxy) is 4. The van der Waals surface area contributed by atoms with Crippen LogP contribution in [-0.2, 0) is 25.5 Å². The van der Waals surface area contributed by atoms with Crippen LogP contribution < -0.4 is 14.8 Å². The van der Waals surface area contributed by atoms with Crippen LogP contribution in [-0.4, -0.2) is 51.8 Å². The molecule has 8 nitrogen and oxygen atoms in total. The SMILES string of the molecule is COC(=O)[C@H](Cc1ccccc1)NC(=O)COC(=O)c1ccc(OC)c(OC)c1. The van der Waals surface area contributed by atoms with Gasteiger partial charge in [-0.15, -0.1) is 0 Å². The minimum Gasteiger partial charge on any atom is -0.493 e. The van der Waals surface area contributed by atoms with Gasteiger partial charge in [0.1, 0.15) is 6.04 Å². The molecule has 1 amide bonds. The lowest BCUT2D eigenvalue weighted by atomic mass is 10.1. The summed E-state index contributed by atoms with van der Waals surface area (Å²) in [5.74, 6) is -1.10. The zero-order valence-electron chi connectivity index (χ0n) is 16.5. The van der Waals surface area contributed by atoms with E-state index in [1.54, 1.807) is 6.07 Å². The number of rotatable bonds is 9. The Balaban J connectivity index is 1.96. The lowest BCUT2D eigenvalue weighted by Crippen LogP contribution is -2.44. The fraction of sp³-hybridized carbons (Fsp3) is 0.286. The smallest absolute Gasteiger partial charge is 0.338 e. The summed E-state index contributed by atoms with van der Waals surface area (Å²) < 4.78 is 20.0. The maximum absolute atomic E-state index is 12.2. The van der Waals surface area contributed by atoms with Crippen LogP contribution in [0.1, 0.15) is 15.9 Å². The van der Waals surface area contributed by atoms with Gasteiger partial charge in [0.25, 0.3) is 5.91 Å². The van der Waals surface area contributed by atoms with Crippen LogP contribution in [0.4, 0.5) is 0 Å². The third-order valence-electron chi connectivity index (χ3n) is 4.06. The molecule has 0 radical (unpaired) electrons. The second-order valence-corrected chi connectivity index (χ2v) is 5.98. The highest BCUT2D eigenvalue weighted by Crippen LogP contribution is 2.27. The molecule has 29 heavy (non-hydrogen) atoms. The van der Waals surface area contributed by atoms with E-state index in [0.717, 1.165) is 5.56 Å². The quantitative estimate of drug-likeness (QED) is 0.639. The van der Waals surface area contributed by atoms with Crippen molar-refractivity contribution in [3.8, 4) is 11.5 Å². The van der Waals surface area contributed by atoms with Crippen molar-refractivity contribution in [3.63, 3.8) is 0 Å². The lowest BCUT2D eigenvalue weighted by molar-refractivity contribution is -0.145. The number of hydrogen-bond donors (Lipinski definition) is 1. The molecule has 154 valence electrons. The second-order valence-electron chi connectivity index (χ2n) is 5.98. The number of esters is 2. The molecule has 1 atom stereocenters. The summed E-state index contributed by atoms with van der Waals surface area (Å²) in [4.78, 5) is 36.3. The van der Waals surface area contributed by atoms with Crippen molar-refractivity contribution >= 4 is 17.8 Å². The number of methoxy groups -OCH3 is 3. The van der Waals surface area contributed by atoms with Gasteiger partial charge in [0.2, 0.25) is 0 Å². The van der Waals surface area contributed by atoms with E-state index in [1.165, 1.54) is 33.5 Å². The first-order valence-corrected chi connectivity index (χ1v) is 8.78. The Labute approximate surface area is 168 Å². The van der Waals surface area contributed by atoms with E-state index in [-0.39, 0.29) is 12.0 Å². The average molecular weight is 401 g/mol. The zero-order valence-corrected chi connectivity index (χ0v) is 16.5. The fourth-order valence-electron chi connectivity index (χ4n) is 2.60. The number of hydrogen-bond acceptors (Lipinski definition) is 7. The summed E-state index contributed by atoms with van der Waals surface area (Å²) in [6.07, 6.45) is 0.253. The lowest BCUT2D eigenvalue weighted by Gasteiger charge is -2.16. The molecule has 0 heterocycles. The molecular weight excluding hydrogens is 378 g/mol. The van der Waals surface area contributed by atoms with Gasteiger partial charge in [-0.2, -0.15) is 0 Å². The van der Waals surface area contributed by atoms with Gasteiger partial charge in [0.05, 0.1) is 26.9 Å². The van der Waals surface area contributed by atoms with Crippen molar-refractivity contribution in [2.75, 3.05) is 27.9 Å². The van der Waals surface area contributed by atoms with E-state index in [4.69, 9.17) is 18.9 Å². The Bertz CT molecular complexity index is 851. The molecule has 1 N–H and O–H groups in total. The van der Waals surface area contributed by atoms with Crippen LogP contribution in [0.3, 0.4) is 0 Å². The minimum atomic E-state index is -0.894. The Morgan fingerprint density at radius 3 is 2.24 bits per heavy atom. The number of nitrogens with one attached hydrogen (secondary N) is 1. The van der Waals surface area contributed by atoms with E-state index in [0.29, 0.717) is 11.5 Å². The number of carbonyl (C=O) groups is 3. The van der Waals surface area contributed by atoms with Crippen LogP contribution in [0.15, 0.2) is 48.5 Å². The second kappa shape index (κ2) is 10.7. The molecule has 0 saturated heterocycles. The van der Waals surface area contributed by atoms with Crippen LogP contribution in [0.2, 0.25) is 0 Å². The third-order valence-corrected chi connectivity index (χ3v) is 4.06. The maximum Gasteiger partial charge on any atom is 0.338 e. The summed E-state index contributed by atoms with van der Waals surface area (Å²) >= 11 is 0. The molecule has 0 spiro atoms. The number of benzene rings is 2. The third kappa shape index (κ3) is 6.24. The first-order valence-electron chi connectivity index (χ1n) is 8.78. The summed E-state index contributed by atoms with van der Waals surface area (Å²) in [5.41, 5.74) is 1.05. The van der Waals surface area contributed by atoms with Gasteiger partial charge in [0, 0.05) is 6.42 Å². The van der Waals surface area contributed by atoms with E-state index < -0.39 is 30.5 Å². The molecule has 0 aromatic heterocycles. The predicted molar refractivity (Wildman–Crippen MR) is 104 cm³/mol. The Morgan fingerprint density at radius 1 is 0.931 bits per heavy atom. The highest BCUT2D eigenvalue weighted by molar-refractivity contribution is 5.92. The fourth-order valence-corrected chi connectivity index (χ4v) is 2.60. The zero-order chi connectivity index (χ0) is 21.2. The molecule has 2 rings (SSSR count). The summed E-state index contributed by atoms with van der Waals surface area (Å²) in [6.45, 7) is -0.546. The molecule has 0 fully saturated rings. The Kier molecular flexibility index (Phi) is 8.02. The Hall–Kier alpha value is -3.55. The monoisotopic (exact) mass is 401 g/mol. The van der Waals surface area contributed by atoms with Gasteiger partial charge in [-0.05, 0) is 23.8 Å². The van der Waals surface area contributed by atoms with E-state index in [9.17, 15) is 14.4 Å². The molecule has 2 aromatic rings. The first-order chi connectivity index (χ1) is 14.0. The Morgan fingerprint density at radius 2 is 1.62 bits per heavy atom. The van der Waals surface area contributed by atoms with Crippen molar-refractivity contribution in [2.24, 2.45) is 0 Å². The first kappa shape index (κ1) is 21.7. The topological polar surface area (TPSA) is 100 Å². The van der Waals surface area contributed by atoms with Crippen molar-refractivity contribution < 1.29 is 33.3 Å². The van der Waals surface area contributed by atoms with Crippen LogP contribution >= 0.6 is 0 Å². The van der Waals surface area contributed by atoms with Crippen molar-refractivity contribution in [3.05, 3.63) is 59.7 Å². The molecule has 8 heteroatoms. The van der Waals surface area contributed by atoms with Gasteiger partial charge in [-0.1, -0.05) is 30.3 Å². The van der Waals surface area contributed by atoms with Crippen LogP contribution in [0, 0.1) is 0 Å². The normalized spacial score (nSPS) is 11.1. The van der Waals surface area contributed by atoms with Gasteiger partial charge in [0.15, 0.2) is 18.1 Å². The van der Waals surface area contributed by atoms with Crippen molar-refractivity contribution in [1.82, 2.24) is 5.32 Å². The molecule has 0 aliphatic carbocycles. The molecule has 0 bridgehead atoms. The number of amides is 1. The number of carbonyl (C=O) groups excluding carboxylic acids is 3. The van der Waals surface area contributed by atoms with Gasteiger partial charge in [-0.3, -0.25) is 4.79 Å². The summed E-state index contributed by atoms with van der Waals surface area (Å²) in [7, 11) is 4.16. The molecule has 2 aromatic carbocycles. The van der Waals surface area contributed by atoms with E-state index >= 15 is 0 Å². The minimum absolute atomic E-state index is 0.198. The summed E-state index contributed by atoms with van der Waals surface area (Å²) in [6, 6.07) is 12.8.